The molecule has 1 aromatic rings. The van der Waals surface area contributed by atoms with E-state index >= 15 is 0 Å². The second kappa shape index (κ2) is 8.42. The molecule has 0 saturated heterocycles. The normalized spacial score (nSPS) is 10.8. The van der Waals surface area contributed by atoms with E-state index in [2.05, 4.69) is 15.4 Å². The van der Waals surface area contributed by atoms with Gasteiger partial charge in [-0.15, -0.1) is 0 Å². The minimum absolute atomic E-state index is 0.219. The van der Waals surface area contributed by atoms with Crippen LogP contribution in [0, 0.1) is 0 Å². The summed E-state index contributed by atoms with van der Waals surface area (Å²) in [6.07, 6.45) is 0. The fraction of sp³-hybridized carbons (Fsp3) is 0.308. The monoisotopic (exact) mass is 350 g/mol. The van der Waals surface area contributed by atoms with Crippen LogP contribution in [0.15, 0.2) is 24.3 Å². The Morgan fingerprint density at radius 3 is 2.30 bits per heavy atom. The Morgan fingerprint density at radius 2 is 1.78 bits per heavy atom. The van der Waals surface area contributed by atoms with Crippen LogP contribution in [0.4, 0.5) is 18.9 Å². The molecule has 0 heterocycles. The minimum atomic E-state index is -4.47. The van der Waals surface area contributed by atoms with Gasteiger partial charge in [-0.25, -0.2) is 0 Å². The van der Waals surface area contributed by atoms with E-state index in [1.807, 2.05) is 0 Å². The van der Waals surface area contributed by atoms with Crippen molar-refractivity contribution in [3.8, 4) is 0 Å². The van der Waals surface area contributed by atoms with Crippen molar-refractivity contribution in [2.45, 2.75) is 5.51 Å². The molecule has 1 aromatic carbocycles. The predicted molar refractivity (Wildman–Crippen MR) is 77.9 cm³/mol. The van der Waals surface area contributed by atoms with Gasteiger partial charge in [-0.05, 0) is 36.0 Å². The van der Waals surface area contributed by atoms with Gasteiger partial charge in [-0.3, -0.25) is 14.4 Å². The van der Waals surface area contributed by atoms with Crippen LogP contribution < -0.4 is 10.6 Å². The highest BCUT2D eigenvalue weighted by Gasteiger charge is 2.29. The number of anilines is 1. The molecule has 0 aromatic heterocycles. The fourth-order valence-corrected chi connectivity index (χ4v) is 1.74. The smallest absolute Gasteiger partial charge is 0.442 e. The summed E-state index contributed by atoms with van der Waals surface area (Å²) in [6.45, 7) is -0.289. The molecule has 6 nitrogen and oxygen atoms in total. The molecule has 0 unspecified atom stereocenters. The Hall–Kier alpha value is -2.23. The second-order valence-corrected chi connectivity index (χ2v) is 5.16. The van der Waals surface area contributed by atoms with Crippen LogP contribution in [0.1, 0.15) is 10.4 Å². The lowest BCUT2D eigenvalue weighted by Gasteiger charge is -2.08. The Balaban J connectivity index is 2.51. The molecule has 0 atom stereocenters. The van der Waals surface area contributed by atoms with Crippen LogP contribution in [0.2, 0.25) is 0 Å². The number of carbonyl (C=O) groups is 3. The van der Waals surface area contributed by atoms with Gasteiger partial charge in [0.25, 0.3) is 5.91 Å². The van der Waals surface area contributed by atoms with E-state index < -0.39 is 40.8 Å². The Bertz CT molecular complexity index is 576. The van der Waals surface area contributed by atoms with Crippen LogP contribution in [-0.4, -0.2) is 42.7 Å². The Kier molecular flexibility index (Phi) is 6.89. The third-order valence-electron chi connectivity index (χ3n) is 2.42. The summed E-state index contributed by atoms with van der Waals surface area (Å²) >= 11 is -0.440. The summed E-state index contributed by atoms with van der Waals surface area (Å²) in [7, 11) is 1.18. The van der Waals surface area contributed by atoms with Crippen molar-refractivity contribution in [2.75, 3.05) is 24.7 Å². The highest BCUT2D eigenvalue weighted by molar-refractivity contribution is 8.00. The van der Waals surface area contributed by atoms with Gasteiger partial charge in [0, 0.05) is 11.3 Å². The number of rotatable bonds is 6. The number of alkyl halides is 3. The molecule has 10 heteroatoms. The number of amides is 2. The maximum atomic E-state index is 12.0. The number of hydrogen-bond donors (Lipinski definition) is 2. The maximum Gasteiger partial charge on any atom is 0.442 e. The van der Waals surface area contributed by atoms with Crippen molar-refractivity contribution in [1.29, 1.82) is 0 Å². The molecule has 0 aliphatic carbocycles. The average molecular weight is 350 g/mol. The number of nitrogens with one attached hydrogen (secondary N) is 2. The minimum Gasteiger partial charge on any atom is -0.468 e. The van der Waals surface area contributed by atoms with Gasteiger partial charge in [-0.2, -0.15) is 13.2 Å². The molecule has 2 N–H and O–H groups in total. The number of thioether (sulfide) groups is 1. The van der Waals surface area contributed by atoms with Crippen LogP contribution in [0.3, 0.4) is 0 Å². The molecule has 0 radical (unpaired) electrons. The van der Waals surface area contributed by atoms with E-state index in [-0.39, 0.29) is 17.8 Å². The first kappa shape index (κ1) is 18.8. The highest BCUT2D eigenvalue weighted by Crippen LogP contribution is 2.29. The highest BCUT2D eigenvalue weighted by atomic mass is 32.2. The van der Waals surface area contributed by atoms with E-state index in [1.165, 1.54) is 31.4 Å². The average Bonchev–Trinajstić information content (AvgIpc) is 2.50. The van der Waals surface area contributed by atoms with Gasteiger partial charge in [0.05, 0.1) is 12.9 Å². The summed E-state index contributed by atoms with van der Waals surface area (Å²) in [5.74, 6) is -2.70. The van der Waals surface area contributed by atoms with E-state index in [9.17, 15) is 27.6 Å². The first-order chi connectivity index (χ1) is 10.7. The summed E-state index contributed by atoms with van der Waals surface area (Å²) < 4.78 is 40.2. The topological polar surface area (TPSA) is 84.5 Å². The Labute approximate surface area is 133 Å². The number of carbonyl (C=O) groups excluding carboxylic acids is 3. The lowest BCUT2D eigenvalue weighted by molar-refractivity contribution is -0.139. The molecule has 0 saturated carbocycles. The molecule has 2 amide bonds. The van der Waals surface area contributed by atoms with Crippen molar-refractivity contribution in [2.24, 2.45) is 0 Å². The van der Waals surface area contributed by atoms with Gasteiger partial charge in [0.15, 0.2) is 0 Å². The zero-order valence-electron chi connectivity index (χ0n) is 11.9. The number of benzene rings is 1. The quantitative estimate of drug-likeness (QED) is 0.764. The number of ether oxygens (including phenoxy) is 1. The van der Waals surface area contributed by atoms with Gasteiger partial charge in [0.2, 0.25) is 5.91 Å². The van der Waals surface area contributed by atoms with Crippen LogP contribution >= 0.6 is 11.8 Å². The molecule has 0 spiro atoms. The van der Waals surface area contributed by atoms with Crippen LogP contribution in [-0.2, 0) is 14.3 Å². The van der Waals surface area contributed by atoms with E-state index in [0.717, 1.165) is 0 Å². The van der Waals surface area contributed by atoms with Crippen LogP contribution in [0.25, 0.3) is 0 Å². The zero-order valence-corrected chi connectivity index (χ0v) is 12.7. The number of halogens is 3. The number of methoxy groups -OCH3 is 1. The predicted octanol–water partition coefficient (Wildman–Crippen LogP) is 1.78. The summed E-state index contributed by atoms with van der Waals surface area (Å²) in [4.78, 5) is 33.9. The standard InChI is InChI=1S/C13H13F3N2O4S/c1-22-11(20)6-17-12(21)8-2-4-9(5-3-8)18-10(19)7-23-13(14,15)16/h2-5H,6-7H2,1H3,(H,17,21)(H,18,19). The van der Waals surface area contributed by atoms with Crippen LogP contribution in [0.5, 0.6) is 0 Å². The molecule has 0 aliphatic heterocycles. The summed E-state index contributed by atoms with van der Waals surface area (Å²) in [6, 6.07) is 5.45. The molecule has 1 rings (SSSR count). The molecule has 126 valence electrons. The van der Waals surface area contributed by atoms with E-state index in [4.69, 9.17) is 0 Å². The third-order valence-corrected chi connectivity index (χ3v) is 3.15. The largest absolute Gasteiger partial charge is 0.468 e. The zero-order chi connectivity index (χ0) is 17.5. The lowest BCUT2D eigenvalue weighted by Crippen LogP contribution is -2.30. The van der Waals surface area contributed by atoms with Crippen molar-refractivity contribution < 1.29 is 32.3 Å². The summed E-state index contributed by atoms with van der Waals surface area (Å²) in [5.41, 5.74) is -4.00. The molecule has 0 bridgehead atoms. The maximum absolute atomic E-state index is 12.0. The van der Waals surface area contributed by atoms with E-state index in [1.54, 1.807) is 0 Å². The lowest BCUT2D eigenvalue weighted by atomic mass is 10.2. The molecular formula is C13H13F3N2O4S. The van der Waals surface area contributed by atoms with Crippen molar-refractivity contribution in [3.05, 3.63) is 29.8 Å². The van der Waals surface area contributed by atoms with Gasteiger partial charge in [0.1, 0.15) is 6.54 Å². The van der Waals surface area contributed by atoms with Crippen molar-refractivity contribution in [1.82, 2.24) is 5.32 Å². The summed E-state index contributed by atoms with van der Waals surface area (Å²) in [5, 5.41) is 4.59. The van der Waals surface area contributed by atoms with Gasteiger partial charge in [-0.1, -0.05) is 0 Å². The number of esters is 1. The molecule has 0 aliphatic rings. The third kappa shape index (κ3) is 7.54. The first-order valence-corrected chi connectivity index (χ1v) is 7.15. The molecule has 23 heavy (non-hydrogen) atoms. The van der Waals surface area contributed by atoms with Gasteiger partial charge < -0.3 is 15.4 Å². The van der Waals surface area contributed by atoms with Gasteiger partial charge >= 0.3 is 11.5 Å². The second-order valence-electron chi connectivity index (χ2n) is 4.12. The Morgan fingerprint density at radius 1 is 1.17 bits per heavy atom. The fourth-order valence-electron chi connectivity index (χ4n) is 1.38. The molecular weight excluding hydrogens is 337 g/mol. The molecule has 0 fully saturated rings. The van der Waals surface area contributed by atoms with E-state index in [0.29, 0.717) is 0 Å². The SMILES string of the molecule is COC(=O)CNC(=O)c1ccc(NC(=O)CSC(F)(F)F)cc1. The van der Waals surface area contributed by atoms with Crippen molar-refractivity contribution >= 4 is 35.2 Å². The first-order valence-electron chi connectivity index (χ1n) is 6.17. The van der Waals surface area contributed by atoms with Crippen molar-refractivity contribution in [3.63, 3.8) is 0 Å². The number of hydrogen-bond acceptors (Lipinski definition) is 5.